The van der Waals surface area contributed by atoms with Gasteiger partial charge < -0.3 is 15.4 Å². The number of piperidine rings is 1. The van der Waals surface area contributed by atoms with Crippen LogP contribution in [0.2, 0.25) is 0 Å². The molecule has 0 aromatic carbocycles. The quantitative estimate of drug-likeness (QED) is 0.837. The first-order chi connectivity index (χ1) is 9.25. The van der Waals surface area contributed by atoms with E-state index in [0.717, 1.165) is 25.9 Å². The fourth-order valence-electron chi connectivity index (χ4n) is 2.13. The molecule has 1 aliphatic rings. The van der Waals surface area contributed by atoms with E-state index in [1.807, 2.05) is 0 Å². The van der Waals surface area contributed by atoms with Gasteiger partial charge in [-0.3, -0.25) is 4.79 Å². The smallest absolute Gasteiger partial charge is 0.222 e. The first-order valence-electron chi connectivity index (χ1n) is 6.87. The predicted molar refractivity (Wildman–Crippen MR) is 77.4 cm³/mol. The maximum Gasteiger partial charge on any atom is 0.222 e. The molecule has 2 heterocycles. The molecule has 0 atom stereocenters. The topological polar surface area (TPSA) is 50.4 Å². The Morgan fingerprint density at radius 2 is 2.32 bits per heavy atom. The molecule has 4 nitrogen and oxygen atoms in total. The Morgan fingerprint density at radius 1 is 1.53 bits per heavy atom. The van der Waals surface area contributed by atoms with Crippen molar-refractivity contribution in [3.8, 4) is 0 Å². The third-order valence-electron chi connectivity index (χ3n) is 3.38. The van der Waals surface area contributed by atoms with Crippen molar-refractivity contribution in [1.29, 1.82) is 0 Å². The molecular weight excluding hydrogens is 260 g/mol. The molecule has 0 bridgehead atoms. The van der Waals surface area contributed by atoms with Crippen molar-refractivity contribution < 1.29 is 9.53 Å². The SMILES string of the molecule is Cc1ccsc1CNC(=O)CCOC1CCNCC1. The Labute approximate surface area is 118 Å². The molecular formula is C14H22N2O2S. The van der Waals surface area contributed by atoms with Crippen LogP contribution in [0.25, 0.3) is 0 Å². The highest BCUT2D eigenvalue weighted by molar-refractivity contribution is 7.10. The minimum Gasteiger partial charge on any atom is -0.378 e. The average molecular weight is 282 g/mol. The maximum absolute atomic E-state index is 11.7. The predicted octanol–water partition coefficient (Wildman–Crippen LogP) is 1.83. The number of carbonyl (C=O) groups excluding carboxylic acids is 1. The second-order valence-electron chi connectivity index (χ2n) is 4.87. The molecule has 0 unspecified atom stereocenters. The van der Waals surface area contributed by atoms with E-state index in [-0.39, 0.29) is 5.91 Å². The number of aryl methyl sites for hydroxylation is 1. The zero-order chi connectivity index (χ0) is 13.5. The van der Waals surface area contributed by atoms with Crippen LogP contribution in [-0.2, 0) is 16.1 Å². The van der Waals surface area contributed by atoms with Crippen LogP contribution in [0.1, 0.15) is 29.7 Å². The number of nitrogens with one attached hydrogen (secondary N) is 2. The van der Waals surface area contributed by atoms with Crippen LogP contribution >= 0.6 is 11.3 Å². The van der Waals surface area contributed by atoms with Crippen molar-refractivity contribution in [1.82, 2.24) is 10.6 Å². The third-order valence-corrected chi connectivity index (χ3v) is 4.41. The molecule has 5 heteroatoms. The van der Waals surface area contributed by atoms with Gasteiger partial charge in [0.25, 0.3) is 0 Å². The Balaban J connectivity index is 1.58. The van der Waals surface area contributed by atoms with Crippen molar-refractivity contribution in [2.75, 3.05) is 19.7 Å². The van der Waals surface area contributed by atoms with Gasteiger partial charge in [0.2, 0.25) is 5.91 Å². The number of rotatable bonds is 6. The molecule has 0 aliphatic carbocycles. The summed E-state index contributed by atoms with van der Waals surface area (Å²) in [6, 6.07) is 2.08. The molecule has 1 saturated heterocycles. The number of hydrogen-bond acceptors (Lipinski definition) is 4. The summed E-state index contributed by atoms with van der Waals surface area (Å²) in [5, 5.41) is 8.29. The van der Waals surface area contributed by atoms with Crippen molar-refractivity contribution >= 4 is 17.2 Å². The number of amides is 1. The molecule has 106 valence electrons. The second-order valence-corrected chi connectivity index (χ2v) is 5.87. The van der Waals surface area contributed by atoms with Crippen molar-refractivity contribution in [3.05, 3.63) is 21.9 Å². The lowest BCUT2D eigenvalue weighted by Crippen LogP contribution is -2.33. The Hall–Kier alpha value is -0.910. The number of hydrogen-bond donors (Lipinski definition) is 2. The summed E-state index contributed by atoms with van der Waals surface area (Å²) in [5.74, 6) is 0.0711. The van der Waals surface area contributed by atoms with Gasteiger partial charge in [-0.15, -0.1) is 11.3 Å². The van der Waals surface area contributed by atoms with E-state index >= 15 is 0 Å². The fraction of sp³-hybridized carbons (Fsp3) is 0.643. The van der Waals surface area contributed by atoms with E-state index in [9.17, 15) is 4.79 Å². The maximum atomic E-state index is 11.7. The standard InChI is InChI=1S/C14H22N2O2S/c1-11-5-9-19-13(11)10-16-14(17)4-8-18-12-2-6-15-7-3-12/h5,9,12,15H,2-4,6-8,10H2,1H3,(H,16,17). The normalized spacial score (nSPS) is 16.5. The molecule has 1 fully saturated rings. The van der Waals surface area contributed by atoms with E-state index in [4.69, 9.17) is 4.74 Å². The van der Waals surface area contributed by atoms with Gasteiger partial charge in [0, 0.05) is 11.3 Å². The first-order valence-corrected chi connectivity index (χ1v) is 7.75. The lowest BCUT2D eigenvalue weighted by atomic mass is 10.1. The summed E-state index contributed by atoms with van der Waals surface area (Å²) >= 11 is 1.69. The average Bonchev–Trinajstić information content (AvgIpc) is 2.83. The van der Waals surface area contributed by atoms with Crippen LogP contribution in [0.15, 0.2) is 11.4 Å². The highest BCUT2D eigenvalue weighted by atomic mass is 32.1. The van der Waals surface area contributed by atoms with Crippen molar-refractivity contribution in [3.63, 3.8) is 0 Å². The minimum absolute atomic E-state index is 0.0711. The largest absolute Gasteiger partial charge is 0.378 e. The van der Waals surface area contributed by atoms with Gasteiger partial charge in [0.15, 0.2) is 0 Å². The Bertz CT molecular complexity index is 400. The first kappa shape index (κ1) is 14.5. The molecule has 1 amide bonds. The van der Waals surface area contributed by atoms with Crippen LogP contribution in [-0.4, -0.2) is 31.7 Å². The molecule has 2 rings (SSSR count). The zero-order valence-electron chi connectivity index (χ0n) is 11.4. The fourth-order valence-corrected chi connectivity index (χ4v) is 2.98. The number of thiophene rings is 1. The molecule has 0 saturated carbocycles. The van der Waals surface area contributed by atoms with Gasteiger partial charge in [-0.05, 0) is 49.9 Å². The second kappa shape index (κ2) is 7.62. The monoisotopic (exact) mass is 282 g/mol. The lowest BCUT2D eigenvalue weighted by molar-refractivity contribution is -0.122. The summed E-state index contributed by atoms with van der Waals surface area (Å²) < 4.78 is 5.72. The third kappa shape index (κ3) is 4.93. The molecule has 19 heavy (non-hydrogen) atoms. The van der Waals surface area contributed by atoms with E-state index in [0.29, 0.717) is 25.7 Å². The minimum atomic E-state index is 0.0711. The lowest BCUT2D eigenvalue weighted by Gasteiger charge is -2.22. The molecule has 1 aromatic heterocycles. The molecule has 0 radical (unpaired) electrons. The van der Waals surface area contributed by atoms with Crippen LogP contribution in [0, 0.1) is 6.92 Å². The Kier molecular flexibility index (Phi) is 5.82. The van der Waals surface area contributed by atoms with Gasteiger partial charge in [0.05, 0.1) is 19.3 Å². The summed E-state index contributed by atoms with van der Waals surface area (Å²) in [6.07, 6.45) is 2.88. The van der Waals surface area contributed by atoms with E-state index in [2.05, 4.69) is 29.0 Å². The van der Waals surface area contributed by atoms with E-state index in [1.54, 1.807) is 11.3 Å². The summed E-state index contributed by atoms with van der Waals surface area (Å²) in [4.78, 5) is 12.9. The van der Waals surface area contributed by atoms with E-state index in [1.165, 1.54) is 10.4 Å². The molecule has 2 N–H and O–H groups in total. The van der Waals surface area contributed by atoms with Gasteiger partial charge in [0.1, 0.15) is 0 Å². The highest BCUT2D eigenvalue weighted by Crippen LogP contribution is 2.14. The number of ether oxygens (including phenoxy) is 1. The summed E-state index contributed by atoms with van der Waals surface area (Å²) in [6.45, 7) is 5.27. The zero-order valence-corrected chi connectivity index (χ0v) is 12.2. The van der Waals surface area contributed by atoms with Gasteiger partial charge in [-0.25, -0.2) is 0 Å². The van der Waals surface area contributed by atoms with E-state index < -0.39 is 0 Å². The number of carbonyl (C=O) groups is 1. The Morgan fingerprint density at radius 3 is 3.00 bits per heavy atom. The van der Waals surface area contributed by atoms with Gasteiger partial charge in [-0.2, -0.15) is 0 Å². The molecule has 1 aliphatic heterocycles. The molecule has 1 aromatic rings. The van der Waals surface area contributed by atoms with Crippen LogP contribution < -0.4 is 10.6 Å². The van der Waals surface area contributed by atoms with Crippen LogP contribution in [0.4, 0.5) is 0 Å². The van der Waals surface area contributed by atoms with Crippen LogP contribution in [0.5, 0.6) is 0 Å². The van der Waals surface area contributed by atoms with Crippen molar-refractivity contribution in [2.24, 2.45) is 0 Å². The van der Waals surface area contributed by atoms with Gasteiger partial charge >= 0.3 is 0 Å². The van der Waals surface area contributed by atoms with Gasteiger partial charge in [-0.1, -0.05) is 0 Å². The van der Waals surface area contributed by atoms with Crippen molar-refractivity contribution in [2.45, 2.75) is 38.8 Å². The highest BCUT2D eigenvalue weighted by Gasteiger charge is 2.13. The van der Waals surface area contributed by atoms with Crippen LogP contribution in [0.3, 0.4) is 0 Å². The summed E-state index contributed by atoms with van der Waals surface area (Å²) in [7, 11) is 0. The summed E-state index contributed by atoms with van der Waals surface area (Å²) in [5.41, 5.74) is 1.25. The molecule has 0 spiro atoms.